The molecule has 18 heavy (non-hydrogen) atoms. The molecule has 1 nitrogen and oxygen atoms in total. The molecule has 100 valence electrons. The van der Waals surface area contributed by atoms with Gasteiger partial charge in [0.25, 0.3) is 0 Å². The standard InChI is InChI=1S/C17H27N/c1-3-7-15-13(5-1)11-12-18-16-8-4-2-6-14(16)9-10-17(15)18/h14,16-17H,1-12H2. The van der Waals surface area contributed by atoms with Crippen LogP contribution in [0.2, 0.25) is 0 Å². The summed E-state index contributed by atoms with van der Waals surface area (Å²) in [7, 11) is 0. The zero-order valence-electron chi connectivity index (χ0n) is 11.7. The first-order chi connectivity index (χ1) is 8.93. The van der Waals surface area contributed by atoms with Gasteiger partial charge < -0.3 is 0 Å². The van der Waals surface area contributed by atoms with Crippen LogP contribution in [-0.2, 0) is 0 Å². The fraction of sp³-hybridized carbons (Fsp3) is 0.882. The summed E-state index contributed by atoms with van der Waals surface area (Å²) in [5.74, 6) is 1.06. The second-order valence-electron chi connectivity index (χ2n) is 7.03. The molecule has 2 aliphatic carbocycles. The molecule has 1 saturated carbocycles. The van der Waals surface area contributed by atoms with Gasteiger partial charge in [-0.2, -0.15) is 0 Å². The van der Waals surface area contributed by atoms with Gasteiger partial charge in [0.1, 0.15) is 0 Å². The van der Waals surface area contributed by atoms with Gasteiger partial charge in [-0.05, 0) is 63.7 Å². The third-order valence-corrected chi connectivity index (χ3v) is 6.21. The number of rotatable bonds is 0. The Morgan fingerprint density at radius 1 is 0.778 bits per heavy atom. The first kappa shape index (κ1) is 11.5. The Morgan fingerprint density at radius 3 is 2.67 bits per heavy atom. The number of hydrogen-bond acceptors (Lipinski definition) is 1. The Labute approximate surface area is 112 Å². The van der Waals surface area contributed by atoms with Crippen LogP contribution in [0, 0.1) is 5.92 Å². The van der Waals surface area contributed by atoms with Crippen LogP contribution in [0.4, 0.5) is 0 Å². The van der Waals surface area contributed by atoms with E-state index in [9.17, 15) is 0 Å². The van der Waals surface area contributed by atoms with Crippen molar-refractivity contribution in [3.63, 3.8) is 0 Å². The molecule has 3 unspecified atom stereocenters. The quantitative estimate of drug-likeness (QED) is 0.576. The van der Waals surface area contributed by atoms with E-state index in [-0.39, 0.29) is 0 Å². The van der Waals surface area contributed by atoms with Gasteiger partial charge in [0.05, 0.1) is 0 Å². The molecule has 0 amide bonds. The molecule has 4 aliphatic rings. The average Bonchev–Trinajstić information content (AvgIpc) is 2.46. The minimum Gasteiger partial charge on any atom is -0.293 e. The maximum atomic E-state index is 2.96. The lowest BCUT2D eigenvalue weighted by Crippen LogP contribution is -2.55. The molecule has 1 saturated heterocycles. The van der Waals surface area contributed by atoms with E-state index in [1.807, 2.05) is 11.1 Å². The lowest BCUT2D eigenvalue weighted by molar-refractivity contribution is 0.0207. The van der Waals surface area contributed by atoms with Gasteiger partial charge in [-0.15, -0.1) is 0 Å². The van der Waals surface area contributed by atoms with Crippen molar-refractivity contribution >= 4 is 0 Å². The Kier molecular flexibility index (Phi) is 2.99. The maximum Gasteiger partial charge on any atom is 0.0313 e. The SMILES string of the molecule is C1CCC2=C(C1)CCN1C2CCC2CCCCC21. The van der Waals surface area contributed by atoms with Crippen LogP contribution in [-0.4, -0.2) is 23.5 Å². The van der Waals surface area contributed by atoms with Crippen LogP contribution in [0.5, 0.6) is 0 Å². The van der Waals surface area contributed by atoms with E-state index in [1.165, 1.54) is 77.2 Å². The molecule has 0 aromatic carbocycles. The molecule has 1 heteroatoms. The van der Waals surface area contributed by atoms with Crippen LogP contribution in [0.1, 0.15) is 70.6 Å². The van der Waals surface area contributed by atoms with Gasteiger partial charge in [-0.1, -0.05) is 24.0 Å². The lowest BCUT2D eigenvalue weighted by atomic mass is 9.71. The molecule has 0 aromatic heterocycles. The highest BCUT2D eigenvalue weighted by atomic mass is 15.2. The summed E-state index contributed by atoms with van der Waals surface area (Å²) in [6, 6.07) is 1.85. The minimum atomic E-state index is 0.883. The molecule has 2 aliphatic heterocycles. The Bertz CT molecular complexity index is 357. The van der Waals surface area contributed by atoms with Crippen molar-refractivity contribution in [3.8, 4) is 0 Å². The number of fused-ring (bicyclic) bond motifs is 4. The van der Waals surface area contributed by atoms with Gasteiger partial charge >= 0.3 is 0 Å². The van der Waals surface area contributed by atoms with E-state index in [1.54, 1.807) is 0 Å². The molecular weight excluding hydrogens is 218 g/mol. The maximum absolute atomic E-state index is 2.96. The summed E-state index contributed by atoms with van der Waals surface area (Å²) in [5, 5.41) is 0. The molecule has 3 atom stereocenters. The molecule has 0 radical (unpaired) electrons. The van der Waals surface area contributed by atoms with Crippen molar-refractivity contribution in [2.75, 3.05) is 6.54 Å². The van der Waals surface area contributed by atoms with Crippen LogP contribution < -0.4 is 0 Å². The number of hydrogen-bond donors (Lipinski definition) is 0. The monoisotopic (exact) mass is 245 g/mol. The molecule has 2 fully saturated rings. The summed E-state index contributed by atoms with van der Waals surface area (Å²) in [5.41, 5.74) is 3.80. The van der Waals surface area contributed by atoms with Crippen molar-refractivity contribution < 1.29 is 0 Å². The zero-order valence-corrected chi connectivity index (χ0v) is 11.7. The largest absolute Gasteiger partial charge is 0.293 e. The average molecular weight is 245 g/mol. The first-order valence-electron chi connectivity index (χ1n) is 8.40. The molecular formula is C17H27N. The second-order valence-corrected chi connectivity index (χ2v) is 7.03. The molecule has 0 spiro atoms. The van der Waals surface area contributed by atoms with Crippen molar-refractivity contribution in [2.24, 2.45) is 5.92 Å². The van der Waals surface area contributed by atoms with Crippen molar-refractivity contribution in [1.82, 2.24) is 4.90 Å². The van der Waals surface area contributed by atoms with Crippen molar-refractivity contribution in [3.05, 3.63) is 11.1 Å². The van der Waals surface area contributed by atoms with E-state index < -0.39 is 0 Å². The molecule has 2 heterocycles. The fourth-order valence-electron chi connectivity index (χ4n) is 5.37. The predicted molar refractivity (Wildman–Crippen MR) is 75.6 cm³/mol. The highest BCUT2D eigenvalue weighted by Gasteiger charge is 2.41. The summed E-state index contributed by atoms with van der Waals surface area (Å²) < 4.78 is 0. The summed E-state index contributed by atoms with van der Waals surface area (Å²) in [6.45, 7) is 1.39. The van der Waals surface area contributed by atoms with E-state index in [0.29, 0.717) is 0 Å². The second kappa shape index (κ2) is 4.67. The van der Waals surface area contributed by atoms with Crippen LogP contribution in [0.15, 0.2) is 11.1 Å². The van der Waals surface area contributed by atoms with Crippen LogP contribution >= 0.6 is 0 Å². The van der Waals surface area contributed by atoms with Crippen LogP contribution in [0.25, 0.3) is 0 Å². The zero-order chi connectivity index (χ0) is 11.9. The highest BCUT2D eigenvalue weighted by Crippen LogP contribution is 2.45. The summed E-state index contributed by atoms with van der Waals surface area (Å²) in [6.07, 6.45) is 16.3. The van der Waals surface area contributed by atoms with Crippen LogP contribution in [0.3, 0.4) is 0 Å². The first-order valence-corrected chi connectivity index (χ1v) is 8.40. The third kappa shape index (κ3) is 1.78. The molecule has 0 N–H and O–H groups in total. The van der Waals surface area contributed by atoms with E-state index in [4.69, 9.17) is 0 Å². The number of nitrogens with zero attached hydrogens (tertiary/aromatic N) is 1. The van der Waals surface area contributed by atoms with Gasteiger partial charge in [0, 0.05) is 18.6 Å². The normalized spacial score (nSPS) is 41.0. The van der Waals surface area contributed by atoms with Gasteiger partial charge in [-0.3, -0.25) is 4.90 Å². The predicted octanol–water partition coefficient (Wildman–Crippen LogP) is 4.28. The number of piperidine rings is 1. The van der Waals surface area contributed by atoms with Crippen molar-refractivity contribution in [2.45, 2.75) is 82.7 Å². The molecule has 4 rings (SSSR count). The molecule has 0 bridgehead atoms. The minimum absolute atomic E-state index is 0.883. The van der Waals surface area contributed by atoms with Gasteiger partial charge in [-0.25, -0.2) is 0 Å². The summed E-state index contributed by atoms with van der Waals surface area (Å²) >= 11 is 0. The Morgan fingerprint density at radius 2 is 1.67 bits per heavy atom. The van der Waals surface area contributed by atoms with E-state index >= 15 is 0 Å². The lowest BCUT2D eigenvalue weighted by Gasteiger charge is -2.52. The summed E-state index contributed by atoms with van der Waals surface area (Å²) in [4.78, 5) is 2.96. The van der Waals surface area contributed by atoms with Gasteiger partial charge in [0.2, 0.25) is 0 Å². The van der Waals surface area contributed by atoms with Gasteiger partial charge in [0.15, 0.2) is 0 Å². The Hall–Kier alpha value is -0.300. The fourth-order valence-corrected chi connectivity index (χ4v) is 5.37. The topological polar surface area (TPSA) is 3.24 Å². The van der Waals surface area contributed by atoms with E-state index in [2.05, 4.69) is 4.90 Å². The van der Waals surface area contributed by atoms with E-state index in [0.717, 1.165) is 18.0 Å². The highest BCUT2D eigenvalue weighted by molar-refractivity contribution is 5.27. The third-order valence-electron chi connectivity index (χ3n) is 6.21. The van der Waals surface area contributed by atoms with Crippen molar-refractivity contribution in [1.29, 1.82) is 0 Å². The Balaban J connectivity index is 1.61. The molecule has 0 aromatic rings. The smallest absolute Gasteiger partial charge is 0.0313 e.